The highest BCUT2D eigenvalue weighted by molar-refractivity contribution is 5.92. The third-order valence-electron chi connectivity index (χ3n) is 4.44. The lowest BCUT2D eigenvalue weighted by atomic mass is 10.2. The van der Waals surface area contributed by atoms with Crippen molar-refractivity contribution in [3.05, 3.63) is 65.7 Å². The fraction of sp³-hybridized carbons (Fsp3) is 0.300. The second-order valence-electron chi connectivity index (χ2n) is 6.35. The molecule has 1 unspecified atom stereocenters. The lowest BCUT2D eigenvalue weighted by Crippen LogP contribution is -2.51. The van der Waals surface area contributed by atoms with E-state index in [-0.39, 0.29) is 11.5 Å². The Morgan fingerprint density at radius 3 is 2.15 bits per heavy atom. The summed E-state index contributed by atoms with van der Waals surface area (Å²) in [5.41, 5.74) is 0.832. The number of halogens is 2. The van der Waals surface area contributed by atoms with Gasteiger partial charge >= 0.3 is 5.97 Å². The lowest BCUT2D eigenvalue weighted by Gasteiger charge is -2.37. The number of carbonyl (C=O) groups is 2. The van der Waals surface area contributed by atoms with Crippen LogP contribution >= 0.6 is 0 Å². The maximum Gasteiger partial charge on any atom is 0.339 e. The van der Waals surface area contributed by atoms with Gasteiger partial charge in [-0.3, -0.25) is 4.79 Å². The summed E-state index contributed by atoms with van der Waals surface area (Å²) in [4.78, 5) is 28.4. The van der Waals surface area contributed by atoms with Gasteiger partial charge in [-0.2, -0.15) is 0 Å². The summed E-state index contributed by atoms with van der Waals surface area (Å²) >= 11 is 0. The summed E-state index contributed by atoms with van der Waals surface area (Å²) in [5.74, 6) is -3.01. The molecule has 1 atom stereocenters. The van der Waals surface area contributed by atoms with Gasteiger partial charge < -0.3 is 14.5 Å². The molecule has 0 bridgehead atoms. The second-order valence-corrected chi connectivity index (χ2v) is 6.35. The molecule has 2 aromatic rings. The van der Waals surface area contributed by atoms with Crippen molar-refractivity contribution in [3.63, 3.8) is 0 Å². The first kappa shape index (κ1) is 18.8. The average molecular weight is 374 g/mol. The number of hydrogen-bond acceptors (Lipinski definition) is 4. The molecule has 0 aromatic heterocycles. The number of carbonyl (C=O) groups excluding carboxylic acids is 2. The Kier molecular flexibility index (Phi) is 5.69. The average Bonchev–Trinajstić information content (AvgIpc) is 2.67. The molecular weight excluding hydrogens is 354 g/mol. The molecule has 0 N–H and O–H groups in total. The summed E-state index contributed by atoms with van der Waals surface area (Å²) in [6.45, 7) is 3.81. The van der Waals surface area contributed by atoms with Gasteiger partial charge in [-0.25, -0.2) is 13.6 Å². The SMILES string of the molecule is CC(OC(=O)c1cc(F)cc(F)c1)C(=O)N1CCN(c2ccccc2)CC1. The minimum Gasteiger partial charge on any atom is -0.449 e. The van der Waals surface area contributed by atoms with Crippen molar-refractivity contribution >= 4 is 17.6 Å². The van der Waals surface area contributed by atoms with Gasteiger partial charge in [0.1, 0.15) is 11.6 Å². The van der Waals surface area contributed by atoms with Crippen LogP contribution in [-0.4, -0.2) is 49.1 Å². The molecule has 27 heavy (non-hydrogen) atoms. The van der Waals surface area contributed by atoms with E-state index in [1.807, 2.05) is 30.3 Å². The Labute approximate surface area is 156 Å². The van der Waals surface area contributed by atoms with Crippen molar-refractivity contribution < 1.29 is 23.1 Å². The van der Waals surface area contributed by atoms with Crippen LogP contribution in [0, 0.1) is 11.6 Å². The van der Waals surface area contributed by atoms with E-state index in [0.717, 1.165) is 17.8 Å². The minimum absolute atomic E-state index is 0.263. The maximum atomic E-state index is 13.2. The number of rotatable bonds is 4. The number of ether oxygens (including phenoxy) is 1. The summed E-state index contributed by atoms with van der Waals surface area (Å²) < 4.78 is 31.5. The van der Waals surface area contributed by atoms with Crippen molar-refractivity contribution in [1.82, 2.24) is 4.90 Å². The Morgan fingerprint density at radius 1 is 0.963 bits per heavy atom. The number of amides is 1. The van der Waals surface area contributed by atoms with Crippen LogP contribution < -0.4 is 4.90 Å². The highest BCUT2D eigenvalue weighted by Gasteiger charge is 2.27. The third kappa shape index (κ3) is 4.61. The molecule has 142 valence electrons. The summed E-state index contributed by atoms with van der Waals surface area (Å²) in [7, 11) is 0. The van der Waals surface area contributed by atoms with E-state index in [0.29, 0.717) is 32.2 Å². The van der Waals surface area contributed by atoms with Crippen LogP contribution in [0.5, 0.6) is 0 Å². The zero-order chi connectivity index (χ0) is 19.4. The first-order valence-electron chi connectivity index (χ1n) is 8.70. The standard InChI is InChI=1S/C20H20F2N2O3/c1-14(27-20(26)15-11-16(21)13-17(22)12-15)19(25)24-9-7-23(8-10-24)18-5-3-2-4-6-18/h2-6,11-14H,7-10H2,1H3. The Morgan fingerprint density at radius 2 is 1.56 bits per heavy atom. The first-order chi connectivity index (χ1) is 12.9. The van der Waals surface area contributed by atoms with Gasteiger partial charge in [-0.05, 0) is 31.2 Å². The number of esters is 1. The zero-order valence-electron chi connectivity index (χ0n) is 14.9. The smallest absolute Gasteiger partial charge is 0.339 e. The van der Waals surface area contributed by atoms with Crippen LogP contribution in [-0.2, 0) is 9.53 Å². The Bertz CT molecular complexity index is 801. The number of benzene rings is 2. The van der Waals surface area contributed by atoms with Crippen LogP contribution in [0.25, 0.3) is 0 Å². The van der Waals surface area contributed by atoms with Crippen LogP contribution in [0.4, 0.5) is 14.5 Å². The molecule has 0 spiro atoms. The van der Waals surface area contributed by atoms with Crippen molar-refractivity contribution in [2.45, 2.75) is 13.0 Å². The molecule has 0 radical (unpaired) electrons. The highest BCUT2D eigenvalue weighted by atomic mass is 19.1. The molecule has 1 heterocycles. The number of piperazine rings is 1. The third-order valence-corrected chi connectivity index (χ3v) is 4.44. The molecule has 3 rings (SSSR count). The number of nitrogens with zero attached hydrogens (tertiary/aromatic N) is 2. The van der Waals surface area contributed by atoms with E-state index >= 15 is 0 Å². The van der Waals surface area contributed by atoms with E-state index in [2.05, 4.69) is 4.90 Å². The molecule has 0 saturated carbocycles. The fourth-order valence-electron chi connectivity index (χ4n) is 3.03. The molecule has 2 aromatic carbocycles. The van der Waals surface area contributed by atoms with E-state index < -0.39 is 23.7 Å². The number of para-hydroxylation sites is 1. The van der Waals surface area contributed by atoms with Crippen molar-refractivity contribution in [3.8, 4) is 0 Å². The fourth-order valence-corrected chi connectivity index (χ4v) is 3.03. The van der Waals surface area contributed by atoms with E-state index in [9.17, 15) is 18.4 Å². The van der Waals surface area contributed by atoms with Crippen molar-refractivity contribution in [1.29, 1.82) is 0 Å². The largest absolute Gasteiger partial charge is 0.449 e. The molecule has 1 saturated heterocycles. The second kappa shape index (κ2) is 8.16. The maximum absolute atomic E-state index is 13.2. The Hall–Kier alpha value is -2.96. The summed E-state index contributed by atoms with van der Waals surface area (Å²) in [6, 6.07) is 12.3. The number of hydrogen-bond donors (Lipinski definition) is 0. The quantitative estimate of drug-likeness (QED) is 0.773. The van der Waals surface area contributed by atoms with E-state index in [4.69, 9.17) is 4.74 Å². The topological polar surface area (TPSA) is 49.9 Å². The normalized spacial score (nSPS) is 15.4. The van der Waals surface area contributed by atoms with Crippen molar-refractivity contribution in [2.24, 2.45) is 0 Å². The van der Waals surface area contributed by atoms with Gasteiger partial charge in [0.2, 0.25) is 0 Å². The molecule has 1 aliphatic heterocycles. The molecule has 0 aliphatic carbocycles. The monoisotopic (exact) mass is 374 g/mol. The molecule has 1 amide bonds. The van der Waals surface area contributed by atoms with Gasteiger partial charge in [0, 0.05) is 37.9 Å². The highest BCUT2D eigenvalue weighted by Crippen LogP contribution is 2.17. The summed E-state index contributed by atoms with van der Waals surface area (Å²) in [5, 5.41) is 0. The lowest BCUT2D eigenvalue weighted by molar-refractivity contribution is -0.140. The van der Waals surface area contributed by atoms with Crippen molar-refractivity contribution in [2.75, 3.05) is 31.1 Å². The van der Waals surface area contributed by atoms with Gasteiger partial charge in [-0.1, -0.05) is 18.2 Å². The predicted octanol–water partition coefficient (Wildman–Crippen LogP) is 2.86. The molecule has 1 aliphatic rings. The zero-order valence-corrected chi connectivity index (χ0v) is 14.9. The van der Waals surface area contributed by atoms with Gasteiger partial charge in [0.15, 0.2) is 6.10 Å². The Balaban J connectivity index is 1.55. The minimum atomic E-state index is -1.04. The molecule has 7 heteroatoms. The molecule has 1 fully saturated rings. The van der Waals surface area contributed by atoms with Crippen LogP contribution in [0.15, 0.2) is 48.5 Å². The molecular formula is C20H20F2N2O3. The first-order valence-corrected chi connectivity index (χ1v) is 8.70. The van der Waals surface area contributed by atoms with E-state index in [1.165, 1.54) is 6.92 Å². The molecule has 5 nitrogen and oxygen atoms in total. The van der Waals surface area contributed by atoms with Gasteiger partial charge in [0.25, 0.3) is 5.91 Å². The predicted molar refractivity (Wildman–Crippen MR) is 96.5 cm³/mol. The van der Waals surface area contributed by atoms with Gasteiger partial charge in [-0.15, -0.1) is 0 Å². The van der Waals surface area contributed by atoms with Crippen LogP contribution in [0.3, 0.4) is 0 Å². The van der Waals surface area contributed by atoms with Crippen LogP contribution in [0.1, 0.15) is 17.3 Å². The van der Waals surface area contributed by atoms with Gasteiger partial charge in [0.05, 0.1) is 5.56 Å². The van der Waals surface area contributed by atoms with Crippen LogP contribution in [0.2, 0.25) is 0 Å². The summed E-state index contributed by atoms with van der Waals surface area (Å²) in [6.07, 6.45) is -1.04. The van der Waals surface area contributed by atoms with E-state index in [1.54, 1.807) is 4.90 Å². The number of anilines is 1.